The third-order valence-electron chi connectivity index (χ3n) is 9.48. The number of rotatable bonds is 15. The van der Waals surface area contributed by atoms with E-state index >= 15 is 0 Å². The van der Waals surface area contributed by atoms with Gasteiger partial charge >= 0.3 is 18.0 Å². The van der Waals surface area contributed by atoms with Crippen molar-refractivity contribution in [1.82, 2.24) is 19.9 Å². The van der Waals surface area contributed by atoms with Gasteiger partial charge in [-0.2, -0.15) is 0 Å². The summed E-state index contributed by atoms with van der Waals surface area (Å²) >= 11 is 5.33. The van der Waals surface area contributed by atoms with Gasteiger partial charge in [0, 0.05) is 23.5 Å². The van der Waals surface area contributed by atoms with Gasteiger partial charge in [-0.1, -0.05) is 99.8 Å². The molecule has 0 aliphatic carbocycles. The molecular weight excluding hydrogens is 957 g/mol. The molecule has 16 nitrogen and oxygen atoms in total. The molecule has 0 aliphatic rings. The van der Waals surface area contributed by atoms with Crippen LogP contribution in [0.5, 0.6) is 11.5 Å². The zero-order valence-electron chi connectivity index (χ0n) is 37.0. The van der Waals surface area contributed by atoms with E-state index in [0.717, 1.165) is 24.6 Å². The summed E-state index contributed by atoms with van der Waals surface area (Å²) in [5.41, 5.74) is 4.13. The van der Waals surface area contributed by atoms with Crippen LogP contribution in [0.25, 0.3) is 0 Å². The summed E-state index contributed by atoms with van der Waals surface area (Å²) < 4.78 is 12.3. The Bertz CT molecular complexity index is 3150. The molecule has 348 valence electrons. The molecule has 8 rings (SSSR count). The van der Waals surface area contributed by atoms with Gasteiger partial charge in [-0.3, -0.25) is 20.2 Å². The van der Waals surface area contributed by atoms with E-state index in [4.69, 9.17) is 14.6 Å². The predicted molar refractivity (Wildman–Crippen MR) is 268 cm³/mol. The SMILES string of the molecule is COc1ccccc1C(=O)c1cc(C)ccc1NC(=O)Nc1ncc(Sc2ccc(C(=O)O)cn2)s1.COc1ccccc1C(=O)c1cc(C)ccc1NC(=O)Nc1ncc(Sc2ccccn2)s1. The lowest BCUT2D eigenvalue weighted by Crippen LogP contribution is -2.21. The molecule has 4 amide bonds. The maximum absolute atomic E-state index is 13.3. The molecule has 0 spiro atoms. The van der Waals surface area contributed by atoms with Crippen LogP contribution in [0.1, 0.15) is 53.3 Å². The number of pyridine rings is 2. The van der Waals surface area contributed by atoms with Crippen LogP contribution in [0.15, 0.2) is 159 Å². The maximum Gasteiger partial charge on any atom is 0.337 e. The topological polar surface area (TPSA) is 224 Å². The molecule has 0 atom stereocenters. The Morgan fingerprint density at radius 2 is 1.00 bits per heavy atom. The van der Waals surface area contributed by atoms with Gasteiger partial charge in [-0.25, -0.2) is 34.3 Å². The average Bonchev–Trinajstić information content (AvgIpc) is 4.00. The highest BCUT2D eigenvalue weighted by atomic mass is 32.2. The number of anilines is 4. The van der Waals surface area contributed by atoms with Gasteiger partial charge in [0.1, 0.15) is 21.6 Å². The van der Waals surface area contributed by atoms with Crippen molar-refractivity contribution in [3.05, 3.63) is 179 Å². The number of carboxylic acid groups (broad SMARTS) is 1. The van der Waals surface area contributed by atoms with Gasteiger partial charge in [-0.15, -0.1) is 0 Å². The van der Waals surface area contributed by atoms with Crippen LogP contribution in [0, 0.1) is 13.8 Å². The second-order valence-corrected chi connectivity index (χ2v) is 19.0. The number of aromatic nitrogens is 4. The highest BCUT2D eigenvalue weighted by Crippen LogP contribution is 2.35. The van der Waals surface area contributed by atoms with Gasteiger partial charge < -0.3 is 25.2 Å². The maximum atomic E-state index is 13.3. The molecule has 4 heterocycles. The lowest BCUT2D eigenvalue weighted by Gasteiger charge is -2.13. The number of para-hydroxylation sites is 2. The van der Waals surface area contributed by atoms with Crippen LogP contribution < -0.4 is 30.7 Å². The van der Waals surface area contributed by atoms with Crippen molar-refractivity contribution >= 4 is 97.4 Å². The number of nitrogens with zero attached hydrogens (tertiary/aromatic N) is 4. The molecule has 20 heteroatoms. The number of nitrogens with one attached hydrogen (secondary N) is 4. The van der Waals surface area contributed by atoms with Crippen molar-refractivity contribution in [2.45, 2.75) is 32.3 Å². The Morgan fingerprint density at radius 1 is 0.522 bits per heavy atom. The van der Waals surface area contributed by atoms with Crippen LogP contribution in [0.4, 0.5) is 31.2 Å². The molecule has 0 unspecified atom stereocenters. The average molecular weight is 997 g/mol. The Labute approximate surface area is 412 Å². The third-order valence-corrected chi connectivity index (χ3v) is 13.4. The first-order chi connectivity index (χ1) is 33.4. The Balaban J connectivity index is 0.000000205. The van der Waals surface area contributed by atoms with Crippen LogP contribution in [-0.4, -0.2) is 68.9 Å². The van der Waals surface area contributed by atoms with Crippen molar-refractivity contribution in [2.24, 2.45) is 0 Å². The minimum atomic E-state index is -1.05. The monoisotopic (exact) mass is 996 g/mol. The minimum Gasteiger partial charge on any atom is -0.496 e. The number of hydrogen-bond acceptors (Lipinski definition) is 15. The van der Waals surface area contributed by atoms with Gasteiger partial charge in [-0.05, 0) is 86.6 Å². The van der Waals surface area contributed by atoms with E-state index in [1.807, 2.05) is 38.1 Å². The molecule has 69 heavy (non-hydrogen) atoms. The highest BCUT2D eigenvalue weighted by molar-refractivity contribution is 8.01. The fraction of sp³-hybridized carbons (Fsp3) is 0.0816. The molecule has 4 aromatic heterocycles. The van der Waals surface area contributed by atoms with Crippen molar-refractivity contribution in [2.75, 3.05) is 35.5 Å². The largest absolute Gasteiger partial charge is 0.496 e. The summed E-state index contributed by atoms with van der Waals surface area (Å²) in [4.78, 5) is 79.7. The molecule has 0 saturated heterocycles. The normalized spacial score (nSPS) is 10.5. The molecule has 0 bridgehead atoms. The standard InChI is InChI=1S/C25H20N4O5S2.C24H20N4O3S2/c1-14-7-9-18(17(11-14)22(30)16-5-3-4-6-19(16)34-2)28-24(33)29-25-27-13-21(36-25)35-20-10-8-15(12-26-20)23(31)32;1-15-10-11-18(17(13-15)22(29)16-7-3-4-8-19(16)31-2)27-23(30)28-24-26-14-21(33-24)32-20-9-5-6-12-25-20/h3-13H,1-2H3,(H,31,32)(H2,27,28,29,33);3-14H,1-2H3,(H2,26,27,28,30). The van der Waals surface area contributed by atoms with Crippen LogP contribution in [0.2, 0.25) is 0 Å². The van der Waals surface area contributed by atoms with Crippen LogP contribution in [-0.2, 0) is 0 Å². The van der Waals surface area contributed by atoms with Crippen molar-refractivity contribution in [1.29, 1.82) is 0 Å². The third kappa shape index (κ3) is 13.2. The number of hydrogen-bond donors (Lipinski definition) is 5. The number of thiazole rings is 2. The van der Waals surface area contributed by atoms with Gasteiger partial charge in [0.25, 0.3) is 0 Å². The van der Waals surface area contributed by atoms with Crippen molar-refractivity contribution in [3.63, 3.8) is 0 Å². The number of aromatic carboxylic acids is 1. The summed E-state index contributed by atoms with van der Waals surface area (Å²) in [5, 5.41) is 22.1. The van der Waals surface area contributed by atoms with E-state index in [-0.39, 0.29) is 17.1 Å². The number of urea groups is 2. The quantitative estimate of drug-likeness (QED) is 0.0603. The number of ether oxygens (including phenoxy) is 2. The first-order valence-electron chi connectivity index (χ1n) is 20.5. The summed E-state index contributed by atoms with van der Waals surface area (Å²) in [6.45, 7) is 3.75. The molecule has 5 N–H and O–H groups in total. The molecule has 0 saturated carbocycles. The van der Waals surface area contributed by atoms with Crippen LogP contribution >= 0.6 is 46.2 Å². The number of carboxylic acids is 1. The molecule has 0 fully saturated rings. The summed E-state index contributed by atoms with van der Waals surface area (Å²) in [7, 11) is 3.01. The minimum absolute atomic E-state index is 0.0994. The van der Waals surface area contributed by atoms with E-state index in [1.54, 1.807) is 104 Å². The number of ketones is 2. The molecule has 0 aliphatic heterocycles. The number of carbonyl (C=O) groups excluding carboxylic acids is 4. The Morgan fingerprint density at radius 3 is 1.43 bits per heavy atom. The fourth-order valence-corrected chi connectivity index (χ4v) is 9.81. The number of methoxy groups -OCH3 is 2. The summed E-state index contributed by atoms with van der Waals surface area (Å²) in [6.07, 6.45) is 6.27. The molecule has 8 aromatic rings. The van der Waals surface area contributed by atoms with Gasteiger partial charge in [0.15, 0.2) is 21.8 Å². The molecule has 4 aromatic carbocycles. The molecule has 0 radical (unpaired) electrons. The van der Waals surface area contributed by atoms with E-state index in [9.17, 15) is 24.0 Å². The van der Waals surface area contributed by atoms with Crippen molar-refractivity contribution in [3.8, 4) is 11.5 Å². The zero-order chi connectivity index (χ0) is 48.9. The Kier molecular flexibility index (Phi) is 16.5. The first-order valence-corrected chi connectivity index (χ1v) is 23.7. The lowest BCUT2D eigenvalue weighted by molar-refractivity contribution is 0.0695. The zero-order valence-corrected chi connectivity index (χ0v) is 40.3. The summed E-state index contributed by atoms with van der Waals surface area (Å²) in [5.74, 6) is -0.648. The number of amides is 4. The van der Waals surface area contributed by atoms with Crippen molar-refractivity contribution < 1.29 is 38.6 Å². The lowest BCUT2D eigenvalue weighted by atomic mass is 9.99. The fourth-order valence-electron chi connectivity index (χ4n) is 6.28. The van der Waals surface area contributed by atoms with E-state index in [1.165, 1.54) is 72.7 Å². The van der Waals surface area contributed by atoms with E-state index < -0.39 is 18.0 Å². The van der Waals surface area contributed by atoms with E-state index in [2.05, 4.69) is 41.2 Å². The second-order valence-electron chi connectivity index (χ2n) is 14.3. The van der Waals surface area contributed by atoms with Gasteiger partial charge in [0.2, 0.25) is 0 Å². The number of benzene rings is 4. The smallest absolute Gasteiger partial charge is 0.337 e. The van der Waals surface area contributed by atoms with E-state index in [0.29, 0.717) is 60.4 Å². The van der Waals surface area contributed by atoms with Gasteiger partial charge in [0.05, 0.1) is 63.1 Å². The number of aryl methyl sites for hydroxylation is 2. The first kappa shape index (κ1) is 49.0. The van der Waals surface area contributed by atoms with Crippen LogP contribution in [0.3, 0.4) is 0 Å². The second kappa shape index (κ2) is 23.2. The number of carbonyl (C=O) groups is 5. The molecular formula is C49H40N8O8S4. The predicted octanol–water partition coefficient (Wildman–Crippen LogP) is 11.5. The highest BCUT2D eigenvalue weighted by Gasteiger charge is 2.21. The Hall–Kier alpha value is -7.91. The summed E-state index contributed by atoms with van der Waals surface area (Å²) in [6, 6.07) is 32.1.